The quantitative estimate of drug-likeness (QED) is 0.516. The smallest absolute Gasteiger partial charge is 0.388 e. The Morgan fingerprint density at radius 2 is 1.67 bits per heavy atom. The van der Waals surface area contributed by atoms with Crippen molar-refractivity contribution in [2.45, 2.75) is 44.4 Å². The third-order valence-corrected chi connectivity index (χ3v) is 2.76. The van der Waals surface area contributed by atoms with Crippen LogP contribution in [0.4, 0.5) is 0 Å². The van der Waals surface area contributed by atoms with Crippen molar-refractivity contribution in [2.24, 2.45) is 0 Å². The Morgan fingerprint density at radius 1 is 1.13 bits per heavy atom. The molecule has 3 N–H and O–H groups in total. The third kappa shape index (κ3) is 3.10. The van der Waals surface area contributed by atoms with Crippen LogP contribution in [0.2, 0.25) is 0 Å². The van der Waals surface area contributed by atoms with Crippen LogP contribution < -0.4 is 0 Å². The van der Waals surface area contributed by atoms with E-state index in [2.05, 4.69) is 4.18 Å². The van der Waals surface area contributed by atoms with Crippen LogP contribution in [-0.4, -0.2) is 53.7 Å². The van der Waals surface area contributed by atoms with Gasteiger partial charge in [-0.2, -0.15) is 8.42 Å². The van der Waals surface area contributed by atoms with E-state index in [-0.39, 0.29) is 0 Å². The molecule has 90 valence electrons. The highest BCUT2D eigenvalue weighted by molar-refractivity contribution is 7.80. The predicted molar refractivity (Wildman–Crippen MR) is 48.4 cm³/mol. The van der Waals surface area contributed by atoms with E-state index in [9.17, 15) is 18.6 Å². The molecule has 1 fully saturated rings. The minimum atomic E-state index is -4.68. The molecule has 0 aromatic heterocycles. The molecular formula is C7H14O7S. The first kappa shape index (κ1) is 12.8. The summed E-state index contributed by atoms with van der Waals surface area (Å²) in [5, 5.41) is 18.9. The van der Waals surface area contributed by atoms with Crippen LogP contribution >= 0.6 is 0 Å². The second kappa shape index (κ2) is 4.32. The number of hydrogen-bond donors (Lipinski definition) is 3. The Bertz CT molecular complexity index is 313. The molecule has 0 aromatic carbocycles. The van der Waals surface area contributed by atoms with E-state index in [4.69, 9.17) is 9.29 Å². The summed E-state index contributed by atoms with van der Waals surface area (Å²) in [6, 6.07) is 0. The van der Waals surface area contributed by atoms with E-state index in [1.807, 2.05) is 0 Å². The maximum atomic E-state index is 10.5. The van der Waals surface area contributed by atoms with Gasteiger partial charge in [0.2, 0.25) is 0 Å². The lowest BCUT2D eigenvalue weighted by molar-refractivity contribution is -0.205. The first-order valence-corrected chi connectivity index (χ1v) is 5.76. The van der Waals surface area contributed by atoms with Crippen molar-refractivity contribution in [2.75, 3.05) is 0 Å². The van der Waals surface area contributed by atoms with Crippen LogP contribution in [0.1, 0.15) is 13.8 Å². The van der Waals surface area contributed by atoms with Gasteiger partial charge < -0.3 is 14.9 Å². The highest BCUT2D eigenvalue weighted by Crippen LogP contribution is 2.23. The monoisotopic (exact) mass is 242 g/mol. The lowest BCUT2D eigenvalue weighted by Gasteiger charge is -2.39. The van der Waals surface area contributed by atoms with Crippen molar-refractivity contribution in [1.82, 2.24) is 0 Å². The van der Waals surface area contributed by atoms with Gasteiger partial charge in [-0.3, -0.25) is 4.55 Å². The molecule has 1 aliphatic heterocycles. The summed E-state index contributed by atoms with van der Waals surface area (Å²) in [7, 11) is -4.68. The summed E-state index contributed by atoms with van der Waals surface area (Å²) in [4.78, 5) is 0. The highest BCUT2D eigenvalue weighted by Gasteiger charge is 2.43. The largest absolute Gasteiger partial charge is 0.397 e. The number of rotatable bonds is 2. The third-order valence-electron chi connectivity index (χ3n) is 2.29. The molecule has 0 saturated carbocycles. The summed E-state index contributed by atoms with van der Waals surface area (Å²) >= 11 is 0. The zero-order chi connectivity index (χ0) is 11.8. The number of ether oxygens (including phenoxy) is 1. The Labute approximate surface area is 87.6 Å². The molecule has 5 atom stereocenters. The fraction of sp³-hybridized carbons (Fsp3) is 1.00. The second-order valence-corrected chi connectivity index (χ2v) is 4.56. The van der Waals surface area contributed by atoms with Gasteiger partial charge in [-0.15, -0.1) is 0 Å². The molecule has 1 saturated heterocycles. The van der Waals surface area contributed by atoms with E-state index in [0.29, 0.717) is 0 Å². The van der Waals surface area contributed by atoms with E-state index in [1.54, 1.807) is 0 Å². The summed E-state index contributed by atoms with van der Waals surface area (Å²) < 4.78 is 38.7. The molecule has 0 aliphatic carbocycles. The Hall–Kier alpha value is -0.250. The maximum absolute atomic E-state index is 10.5. The van der Waals surface area contributed by atoms with Crippen LogP contribution in [0.25, 0.3) is 0 Å². The van der Waals surface area contributed by atoms with Gasteiger partial charge in [0.05, 0.1) is 12.2 Å². The SMILES string of the molecule is C[C@@H]1O[C@H](C)[C@H](OS(=O)(=O)O)[C@@H](O)[C@@H]1O. The minimum Gasteiger partial charge on any atom is -0.388 e. The van der Waals surface area contributed by atoms with Gasteiger partial charge in [-0.25, -0.2) is 4.18 Å². The molecule has 8 heteroatoms. The molecule has 0 amide bonds. The van der Waals surface area contributed by atoms with Crippen molar-refractivity contribution in [1.29, 1.82) is 0 Å². The number of hydrogen-bond acceptors (Lipinski definition) is 6. The van der Waals surface area contributed by atoms with Crippen molar-refractivity contribution in [3.8, 4) is 0 Å². The Morgan fingerprint density at radius 3 is 2.13 bits per heavy atom. The minimum absolute atomic E-state index is 0.628. The zero-order valence-electron chi connectivity index (χ0n) is 8.27. The van der Waals surface area contributed by atoms with Crippen molar-refractivity contribution >= 4 is 10.4 Å². The fourth-order valence-corrected chi connectivity index (χ4v) is 2.07. The summed E-state index contributed by atoms with van der Waals surface area (Å²) in [6.45, 7) is 3.01. The Kier molecular flexibility index (Phi) is 3.69. The average molecular weight is 242 g/mol. The summed E-state index contributed by atoms with van der Waals surface area (Å²) in [6.07, 6.45) is -5.37. The molecule has 1 aliphatic rings. The van der Waals surface area contributed by atoms with Crippen molar-refractivity contribution in [3.05, 3.63) is 0 Å². The molecule has 1 rings (SSSR count). The molecule has 0 unspecified atom stereocenters. The average Bonchev–Trinajstić information content (AvgIpc) is 2.07. The number of aliphatic hydroxyl groups is 2. The topological polar surface area (TPSA) is 113 Å². The molecule has 0 spiro atoms. The lowest BCUT2D eigenvalue weighted by atomic mass is 9.97. The van der Waals surface area contributed by atoms with Crippen molar-refractivity contribution < 1.29 is 32.1 Å². The molecule has 0 aromatic rings. The lowest BCUT2D eigenvalue weighted by Crippen LogP contribution is -2.57. The zero-order valence-corrected chi connectivity index (χ0v) is 9.09. The molecule has 0 radical (unpaired) electrons. The van der Waals surface area contributed by atoms with Gasteiger partial charge in [0.15, 0.2) is 0 Å². The molecule has 7 nitrogen and oxygen atoms in total. The van der Waals surface area contributed by atoms with Crippen LogP contribution in [0, 0.1) is 0 Å². The number of aliphatic hydroxyl groups excluding tert-OH is 2. The standard InChI is InChI=1S/C7H14O7S/c1-3-5(8)6(9)7(4(2)13-3)14-15(10,11)12/h3-9H,1-2H3,(H,10,11,12)/t3-,4+,5+,6-,7-/m0/s1. The van der Waals surface area contributed by atoms with E-state index < -0.39 is 40.9 Å². The van der Waals surface area contributed by atoms with E-state index in [0.717, 1.165) is 0 Å². The van der Waals surface area contributed by atoms with Gasteiger partial charge in [-0.1, -0.05) is 0 Å². The fourth-order valence-electron chi connectivity index (χ4n) is 1.52. The van der Waals surface area contributed by atoms with Gasteiger partial charge in [0.1, 0.15) is 18.3 Å². The van der Waals surface area contributed by atoms with Crippen LogP contribution in [0.5, 0.6) is 0 Å². The molecular weight excluding hydrogens is 228 g/mol. The molecule has 0 bridgehead atoms. The normalized spacial score (nSPS) is 42.9. The second-order valence-electron chi connectivity index (χ2n) is 3.52. The van der Waals surface area contributed by atoms with Crippen LogP contribution in [0.3, 0.4) is 0 Å². The van der Waals surface area contributed by atoms with Gasteiger partial charge in [-0.05, 0) is 13.8 Å². The van der Waals surface area contributed by atoms with E-state index >= 15 is 0 Å². The first-order valence-electron chi connectivity index (χ1n) is 4.39. The maximum Gasteiger partial charge on any atom is 0.397 e. The Balaban J connectivity index is 2.79. The van der Waals surface area contributed by atoms with Crippen LogP contribution in [0.15, 0.2) is 0 Å². The summed E-state index contributed by atoms with van der Waals surface area (Å²) in [5.41, 5.74) is 0. The van der Waals surface area contributed by atoms with Gasteiger partial charge in [0.25, 0.3) is 0 Å². The highest BCUT2D eigenvalue weighted by atomic mass is 32.3. The predicted octanol–water partition coefficient (Wildman–Crippen LogP) is -1.30. The van der Waals surface area contributed by atoms with Gasteiger partial charge in [0, 0.05) is 0 Å². The molecule has 1 heterocycles. The van der Waals surface area contributed by atoms with Gasteiger partial charge >= 0.3 is 10.4 Å². The molecule has 15 heavy (non-hydrogen) atoms. The summed E-state index contributed by atoms with van der Waals surface area (Å²) in [5.74, 6) is 0. The van der Waals surface area contributed by atoms with Crippen LogP contribution in [-0.2, 0) is 19.3 Å². The van der Waals surface area contributed by atoms with Crippen molar-refractivity contribution in [3.63, 3.8) is 0 Å². The first-order chi connectivity index (χ1) is 6.72. The van der Waals surface area contributed by atoms with E-state index in [1.165, 1.54) is 13.8 Å².